The Kier molecular flexibility index (Phi) is 5.01. The summed E-state index contributed by atoms with van der Waals surface area (Å²) in [5.74, 6) is 0.430. The zero-order chi connectivity index (χ0) is 12.1. The fourth-order valence-corrected chi connectivity index (χ4v) is 2.38. The summed E-state index contributed by atoms with van der Waals surface area (Å²) in [5.41, 5.74) is 3.91. The lowest BCUT2D eigenvalue weighted by Crippen LogP contribution is -2.22. The Morgan fingerprint density at radius 2 is 1.56 bits per heavy atom. The van der Waals surface area contributed by atoms with Gasteiger partial charge < -0.3 is 5.11 Å². The fraction of sp³-hybridized carbons (Fsp3) is 0.600. The van der Waals surface area contributed by atoms with E-state index in [4.69, 9.17) is 0 Å². The molecule has 1 heteroatoms. The van der Waals surface area contributed by atoms with Gasteiger partial charge in [0.2, 0.25) is 0 Å². The molecule has 1 atom stereocenters. The third-order valence-electron chi connectivity index (χ3n) is 3.65. The van der Waals surface area contributed by atoms with Crippen LogP contribution in [0.5, 0.6) is 0 Å². The first-order chi connectivity index (χ1) is 7.60. The average Bonchev–Trinajstić information content (AvgIpc) is 2.25. The van der Waals surface area contributed by atoms with Crippen molar-refractivity contribution in [3.63, 3.8) is 0 Å². The molecule has 0 bridgehead atoms. The topological polar surface area (TPSA) is 20.2 Å². The van der Waals surface area contributed by atoms with Crippen LogP contribution < -0.4 is 0 Å². The number of benzene rings is 1. The third-order valence-corrected chi connectivity index (χ3v) is 3.65. The Hall–Kier alpha value is -0.820. The van der Waals surface area contributed by atoms with Crippen molar-refractivity contribution in [2.24, 2.45) is 5.92 Å². The highest BCUT2D eigenvalue weighted by molar-refractivity contribution is 5.34. The van der Waals surface area contributed by atoms with Gasteiger partial charge in [-0.2, -0.15) is 0 Å². The lowest BCUT2D eigenvalue weighted by atomic mass is 9.89. The summed E-state index contributed by atoms with van der Waals surface area (Å²) >= 11 is 0. The third kappa shape index (κ3) is 3.08. The van der Waals surface area contributed by atoms with Gasteiger partial charge in [0.25, 0.3) is 0 Å². The molecule has 90 valence electrons. The van der Waals surface area contributed by atoms with Gasteiger partial charge in [0.15, 0.2) is 0 Å². The number of hydrogen-bond acceptors (Lipinski definition) is 1. The highest BCUT2D eigenvalue weighted by atomic mass is 16.3. The predicted octanol–water partition coefficient (Wildman–Crippen LogP) is 3.64. The van der Waals surface area contributed by atoms with E-state index < -0.39 is 0 Å². The SMILES string of the molecule is CCC(CC)C(O)Cc1c(C)cccc1C. The van der Waals surface area contributed by atoms with Crippen molar-refractivity contribution in [2.45, 2.75) is 53.1 Å². The van der Waals surface area contributed by atoms with Crippen LogP contribution in [0.3, 0.4) is 0 Å². The quantitative estimate of drug-likeness (QED) is 0.803. The Bertz CT molecular complexity index is 306. The van der Waals surface area contributed by atoms with E-state index in [0.29, 0.717) is 5.92 Å². The zero-order valence-corrected chi connectivity index (χ0v) is 11.0. The molecular weight excluding hydrogens is 196 g/mol. The van der Waals surface area contributed by atoms with Crippen LogP contribution in [-0.2, 0) is 6.42 Å². The van der Waals surface area contributed by atoms with E-state index in [0.717, 1.165) is 19.3 Å². The number of aliphatic hydroxyl groups is 1. The molecule has 1 N–H and O–H groups in total. The van der Waals surface area contributed by atoms with Gasteiger partial charge in [-0.25, -0.2) is 0 Å². The van der Waals surface area contributed by atoms with Crippen molar-refractivity contribution in [1.82, 2.24) is 0 Å². The smallest absolute Gasteiger partial charge is 0.0608 e. The van der Waals surface area contributed by atoms with E-state index in [9.17, 15) is 5.11 Å². The van der Waals surface area contributed by atoms with E-state index in [2.05, 4.69) is 45.9 Å². The zero-order valence-electron chi connectivity index (χ0n) is 11.0. The molecule has 0 heterocycles. The van der Waals surface area contributed by atoms with Gasteiger partial charge >= 0.3 is 0 Å². The molecule has 1 aromatic carbocycles. The van der Waals surface area contributed by atoms with Crippen LogP contribution in [0.1, 0.15) is 43.4 Å². The summed E-state index contributed by atoms with van der Waals surface area (Å²) in [4.78, 5) is 0. The van der Waals surface area contributed by atoms with Crippen LogP contribution in [0.25, 0.3) is 0 Å². The Balaban J connectivity index is 2.80. The lowest BCUT2D eigenvalue weighted by molar-refractivity contribution is 0.103. The second-order valence-corrected chi connectivity index (χ2v) is 4.72. The van der Waals surface area contributed by atoms with Gasteiger partial charge in [-0.15, -0.1) is 0 Å². The van der Waals surface area contributed by atoms with Crippen molar-refractivity contribution in [1.29, 1.82) is 0 Å². The standard InChI is InChI=1S/C15H24O/c1-5-13(6-2)15(16)10-14-11(3)8-7-9-12(14)4/h7-9,13,15-16H,5-6,10H2,1-4H3. The van der Waals surface area contributed by atoms with Crippen molar-refractivity contribution >= 4 is 0 Å². The lowest BCUT2D eigenvalue weighted by Gasteiger charge is -2.21. The van der Waals surface area contributed by atoms with Crippen molar-refractivity contribution < 1.29 is 5.11 Å². The highest BCUT2D eigenvalue weighted by Crippen LogP contribution is 2.21. The minimum atomic E-state index is -0.199. The van der Waals surface area contributed by atoms with Gasteiger partial charge in [0.1, 0.15) is 0 Å². The molecule has 1 nitrogen and oxygen atoms in total. The van der Waals surface area contributed by atoms with E-state index in [1.54, 1.807) is 0 Å². The predicted molar refractivity (Wildman–Crippen MR) is 69.7 cm³/mol. The molecule has 1 unspecified atom stereocenters. The Labute approximate surface area is 99.5 Å². The summed E-state index contributed by atoms with van der Waals surface area (Å²) < 4.78 is 0. The molecule has 0 aliphatic heterocycles. The van der Waals surface area contributed by atoms with Crippen LogP contribution >= 0.6 is 0 Å². The first-order valence-electron chi connectivity index (χ1n) is 6.33. The second kappa shape index (κ2) is 6.05. The minimum Gasteiger partial charge on any atom is -0.392 e. The molecular formula is C15H24O. The van der Waals surface area contributed by atoms with Crippen molar-refractivity contribution in [2.75, 3.05) is 0 Å². The highest BCUT2D eigenvalue weighted by Gasteiger charge is 2.17. The van der Waals surface area contributed by atoms with Gasteiger partial charge in [0, 0.05) is 0 Å². The first-order valence-corrected chi connectivity index (χ1v) is 6.33. The summed E-state index contributed by atoms with van der Waals surface area (Å²) in [7, 11) is 0. The molecule has 16 heavy (non-hydrogen) atoms. The normalized spacial score (nSPS) is 13.1. The molecule has 0 aliphatic carbocycles. The molecule has 0 aliphatic rings. The van der Waals surface area contributed by atoms with Gasteiger partial charge in [-0.3, -0.25) is 0 Å². The van der Waals surface area contributed by atoms with Crippen molar-refractivity contribution in [3.8, 4) is 0 Å². The monoisotopic (exact) mass is 220 g/mol. The molecule has 0 fully saturated rings. The number of rotatable bonds is 5. The average molecular weight is 220 g/mol. The molecule has 1 aromatic rings. The largest absolute Gasteiger partial charge is 0.392 e. The van der Waals surface area contributed by atoms with Crippen molar-refractivity contribution in [3.05, 3.63) is 34.9 Å². The van der Waals surface area contributed by atoms with Crippen LogP contribution in [0.4, 0.5) is 0 Å². The maximum atomic E-state index is 10.2. The Morgan fingerprint density at radius 3 is 2.00 bits per heavy atom. The van der Waals surface area contributed by atoms with E-state index >= 15 is 0 Å². The summed E-state index contributed by atoms with van der Waals surface area (Å²) in [6, 6.07) is 6.33. The first kappa shape index (κ1) is 13.2. The van der Waals surface area contributed by atoms with E-state index in [-0.39, 0.29) is 6.10 Å². The van der Waals surface area contributed by atoms with Crippen LogP contribution in [-0.4, -0.2) is 11.2 Å². The van der Waals surface area contributed by atoms with Crippen LogP contribution in [0.15, 0.2) is 18.2 Å². The summed E-state index contributed by atoms with van der Waals surface area (Å²) in [6.07, 6.45) is 2.71. The minimum absolute atomic E-state index is 0.199. The van der Waals surface area contributed by atoms with E-state index in [1.165, 1.54) is 16.7 Å². The summed E-state index contributed by atoms with van der Waals surface area (Å²) in [6.45, 7) is 8.56. The van der Waals surface area contributed by atoms with Gasteiger partial charge in [0.05, 0.1) is 6.10 Å². The second-order valence-electron chi connectivity index (χ2n) is 4.72. The van der Waals surface area contributed by atoms with Gasteiger partial charge in [-0.1, -0.05) is 44.9 Å². The number of aryl methyl sites for hydroxylation is 2. The summed E-state index contributed by atoms with van der Waals surface area (Å²) in [5, 5.41) is 10.2. The van der Waals surface area contributed by atoms with Crippen LogP contribution in [0.2, 0.25) is 0 Å². The maximum absolute atomic E-state index is 10.2. The maximum Gasteiger partial charge on any atom is 0.0608 e. The van der Waals surface area contributed by atoms with E-state index in [1.807, 2.05) is 0 Å². The molecule has 0 aromatic heterocycles. The molecule has 0 amide bonds. The molecule has 1 rings (SSSR count). The number of aliphatic hydroxyl groups excluding tert-OH is 1. The van der Waals surface area contributed by atoms with Crippen LogP contribution in [0, 0.1) is 19.8 Å². The molecule has 0 saturated heterocycles. The molecule has 0 spiro atoms. The van der Waals surface area contributed by atoms with Gasteiger partial charge in [-0.05, 0) is 42.9 Å². The molecule has 0 saturated carbocycles. The fourth-order valence-electron chi connectivity index (χ4n) is 2.38. The molecule has 0 radical (unpaired) electrons. The number of hydrogen-bond donors (Lipinski definition) is 1. The Morgan fingerprint density at radius 1 is 1.06 bits per heavy atom.